The molecule has 8 heteroatoms. The number of rotatable bonds is 3. The van der Waals surface area contributed by atoms with Crippen LogP contribution in [0.3, 0.4) is 0 Å². The van der Waals surface area contributed by atoms with E-state index in [0.717, 1.165) is 12.1 Å². The number of aromatic hydroxyl groups is 4. The van der Waals surface area contributed by atoms with E-state index in [-0.39, 0.29) is 39.5 Å². The molecule has 0 saturated heterocycles. The third-order valence-corrected chi connectivity index (χ3v) is 3.84. The third-order valence-electron chi connectivity index (χ3n) is 3.84. The van der Waals surface area contributed by atoms with Crippen molar-refractivity contribution < 1.29 is 34.4 Å². The van der Waals surface area contributed by atoms with Gasteiger partial charge in [-0.2, -0.15) is 0 Å². The second-order valence-corrected chi connectivity index (χ2v) is 6.21. The van der Waals surface area contributed by atoms with Crippen LogP contribution < -0.4 is 10.2 Å². The number of hydrogen-bond donors (Lipinski definition) is 4. The monoisotopic (exact) mass is 372 g/mol. The summed E-state index contributed by atoms with van der Waals surface area (Å²) < 4.78 is 10.6. The molecule has 0 saturated carbocycles. The predicted molar refractivity (Wildman–Crippen MR) is 95.1 cm³/mol. The van der Waals surface area contributed by atoms with Gasteiger partial charge in [-0.1, -0.05) is 13.8 Å². The molecule has 0 aliphatic rings. The van der Waals surface area contributed by atoms with Crippen LogP contribution in [0.4, 0.5) is 0 Å². The Morgan fingerprint density at radius 3 is 2.41 bits per heavy atom. The van der Waals surface area contributed by atoms with Gasteiger partial charge >= 0.3 is 5.97 Å². The lowest BCUT2D eigenvalue weighted by molar-refractivity contribution is -0.137. The summed E-state index contributed by atoms with van der Waals surface area (Å²) in [7, 11) is 0. The van der Waals surface area contributed by atoms with E-state index < -0.39 is 28.8 Å². The summed E-state index contributed by atoms with van der Waals surface area (Å²) in [5.74, 6) is -3.45. The summed E-state index contributed by atoms with van der Waals surface area (Å²) in [4.78, 5) is 24.2. The third kappa shape index (κ3) is 3.24. The molecule has 1 heterocycles. The Bertz CT molecular complexity index is 1110. The molecule has 27 heavy (non-hydrogen) atoms. The number of benzene rings is 2. The quantitative estimate of drug-likeness (QED) is 0.407. The molecule has 0 aliphatic carbocycles. The number of phenolic OH excluding ortho intramolecular Hbond substituents is 3. The molecule has 0 radical (unpaired) electrons. The topological polar surface area (TPSA) is 137 Å². The molecule has 3 aromatic rings. The van der Waals surface area contributed by atoms with Crippen LogP contribution >= 0.6 is 0 Å². The molecule has 3 rings (SSSR count). The van der Waals surface area contributed by atoms with Gasteiger partial charge < -0.3 is 29.6 Å². The fourth-order valence-electron chi connectivity index (χ4n) is 2.43. The molecule has 0 fully saturated rings. The van der Waals surface area contributed by atoms with Crippen LogP contribution in [0, 0.1) is 5.92 Å². The molecule has 8 nitrogen and oxygen atoms in total. The molecule has 0 atom stereocenters. The van der Waals surface area contributed by atoms with Crippen LogP contribution in [0.15, 0.2) is 39.5 Å². The average molecular weight is 372 g/mol. The Balaban J connectivity index is 2.19. The Labute approximate surface area is 152 Å². The first-order valence-electron chi connectivity index (χ1n) is 7.96. The van der Waals surface area contributed by atoms with E-state index in [2.05, 4.69) is 0 Å². The number of carbonyl (C=O) groups is 1. The van der Waals surface area contributed by atoms with E-state index in [9.17, 15) is 30.0 Å². The Morgan fingerprint density at radius 2 is 1.74 bits per heavy atom. The minimum atomic E-state index is -0.905. The zero-order valence-electron chi connectivity index (χ0n) is 14.4. The van der Waals surface area contributed by atoms with Crippen molar-refractivity contribution >= 4 is 16.9 Å². The van der Waals surface area contributed by atoms with E-state index >= 15 is 0 Å². The molecule has 0 aliphatic heterocycles. The van der Waals surface area contributed by atoms with Crippen molar-refractivity contribution in [3.63, 3.8) is 0 Å². The smallest absolute Gasteiger partial charge is 0.313 e. The van der Waals surface area contributed by atoms with Crippen molar-refractivity contribution in [2.24, 2.45) is 5.92 Å². The number of esters is 1. The molecule has 0 spiro atoms. The first-order valence-corrected chi connectivity index (χ1v) is 7.96. The first kappa shape index (κ1) is 18.1. The van der Waals surface area contributed by atoms with E-state index in [1.165, 1.54) is 18.2 Å². The molecule has 0 unspecified atom stereocenters. The second-order valence-electron chi connectivity index (χ2n) is 6.21. The van der Waals surface area contributed by atoms with Crippen molar-refractivity contribution in [3.8, 4) is 40.1 Å². The van der Waals surface area contributed by atoms with E-state index in [0.29, 0.717) is 0 Å². The fraction of sp³-hybridized carbons (Fsp3) is 0.158. The molecule has 140 valence electrons. The zero-order chi connectivity index (χ0) is 19.9. The Kier molecular flexibility index (Phi) is 4.40. The van der Waals surface area contributed by atoms with Crippen LogP contribution in [0.25, 0.3) is 22.3 Å². The van der Waals surface area contributed by atoms with E-state index in [4.69, 9.17) is 9.15 Å². The van der Waals surface area contributed by atoms with Gasteiger partial charge in [0.05, 0.1) is 5.92 Å². The summed E-state index contributed by atoms with van der Waals surface area (Å²) >= 11 is 0. The van der Waals surface area contributed by atoms with E-state index in [1.807, 2.05) is 0 Å². The molecule has 0 bridgehead atoms. The highest BCUT2D eigenvalue weighted by atomic mass is 16.5. The summed E-state index contributed by atoms with van der Waals surface area (Å²) in [6.45, 7) is 3.24. The van der Waals surface area contributed by atoms with Crippen LogP contribution in [0.5, 0.6) is 28.7 Å². The summed E-state index contributed by atoms with van der Waals surface area (Å²) in [5.41, 5.74) is -0.921. The minimum Gasteiger partial charge on any atom is -0.508 e. The lowest BCUT2D eigenvalue weighted by Gasteiger charge is -2.11. The van der Waals surface area contributed by atoms with Gasteiger partial charge in [0, 0.05) is 17.7 Å². The summed E-state index contributed by atoms with van der Waals surface area (Å²) in [5, 5.41) is 39.2. The maximum absolute atomic E-state index is 12.4. The van der Waals surface area contributed by atoms with Crippen molar-refractivity contribution in [2.45, 2.75) is 13.8 Å². The van der Waals surface area contributed by atoms with Gasteiger partial charge in [0.1, 0.15) is 22.5 Å². The van der Waals surface area contributed by atoms with E-state index in [1.54, 1.807) is 13.8 Å². The van der Waals surface area contributed by atoms with Gasteiger partial charge in [0.15, 0.2) is 17.3 Å². The van der Waals surface area contributed by atoms with Crippen LogP contribution in [0.1, 0.15) is 13.8 Å². The number of ether oxygens (including phenoxy) is 1. The summed E-state index contributed by atoms with van der Waals surface area (Å²) in [6.07, 6.45) is 0. The minimum absolute atomic E-state index is 0.138. The van der Waals surface area contributed by atoms with Crippen molar-refractivity contribution in [2.75, 3.05) is 0 Å². The first-order chi connectivity index (χ1) is 12.7. The SMILES string of the molecule is CC(C)C(=O)Oc1cc(-c2oc3cc(O)cc(O)c3c(=O)c2O)ccc1O. The lowest BCUT2D eigenvalue weighted by Crippen LogP contribution is -2.14. The van der Waals surface area contributed by atoms with Gasteiger partial charge in [0.25, 0.3) is 0 Å². The van der Waals surface area contributed by atoms with Crippen LogP contribution in [-0.4, -0.2) is 26.4 Å². The van der Waals surface area contributed by atoms with Crippen LogP contribution in [0.2, 0.25) is 0 Å². The zero-order valence-corrected chi connectivity index (χ0v) is 14.4. The van der Waals surface area contributed by atoms with Gasteiger partial charge in [-0.3, -0.25) is 9.59 Å². The molecular formula is C19H16O8. The van der Waals surface area contributed by atoms with Crippen molar-refractivity contribution in [3.05, 3.63) is 40.6 Å². The standard InChI is InChI=1S/C19H16O8/c1-8(2)19(25)27-13-5-9(3-4-11(13)21)18-17(24)16(23)15-12(22)6-10(20)7-14(15)26-18/h3-8,20-22,24H,1-2H3. The second kappa shape index (κ2) is 6.56. The molecule has 0 amide bonds. The normalized spacial score (nSPS) is 11.1. The average Bonchev–Trinajstić information content (AvgIpc) is 2.59. The largest absolute Gasteiger partial charge is 0.508 e. The fourth-order valence-corrected chi connectivity index (χ4v) is 2.43. The predicted octanol–water partition coefficient (Wildman–Crippen LogP) is 2.84. The molecule has 2 aromatic carbocycles. The Morgan fingerprint density at radius 1 is 1.04 bits per heavy atom. The maximum Gasteiger partial charge on any atom is 0.313 e. The maximum atomic E-state index is 12.4. The lowest BCUT2D eigenvalue weighted by atomic mass is 10.1. The number of carbonyl (C=O) groups excluding carboxylic acids is 1. The molecule has 4 N–H and O–H groups in total. The molecular weight excluding hydrogens is 356 g/mol. The van der Waals surface area contributed by atoms with Gasteiger partial charge in [-0.25, -0.2) is 0 Å². The Hall–Kier alpha value is -3.68. The molecule has 1 aromatic heterocycles. The highest BCUT2D eigenvalue weighted by molar-refractivity contribution is 5.88. The number of phenols is 3. The number of hydrogen-bond acceptors (Lipinski definition) is 8. The summed E-state index contributed by atoms with van der Waals surface area (Å²) in [6, 6.07) is 5.83. The van der Waals surface area contributed by atoms with Gasteiger partial charge in [-0.15, -0.1) is 0 Å². The highest BCUT2D eigenvalue weighted by Crippen LogP contribution is 2.38. The van der Waals surface area contributed by atoms with Crippen LogP contribution in [-0.2, 0) is 4.79 Å². The van der Waals surface area contributed by atoms with Crippen molar-refractivity contribution in [1.82, 2.24) is 0 Å². The van der Waals surface area contributed by atoms with Gasteiger partial charge in [-0.05, 0) is 18.2 Å². The highest BCUT2D eigenvalue weighted by Gasteiger charge is 2.20. The van der Waals surface area contributed by atoms with Crippen molar-refractivity contribution in [1.29, 1.82) is 0 Å². The van der Waals surface area contributed by atoms with Gasteiger partial charge in [0.2, 0.25) is 11.2 Å². The number of fused-ring (bicyclic) bond motifs is 1.